The van der Waals surface area contributed by atoms with E-state index >= 15 is 0 Å². The van der Waals surface area contributed by atoms with E-state index in [-0.39, 0.29) is 5.69 Å². The highest BCUT2D eigenvalue weighted by Crippen LogP contribution is 2.19. The van der Waals surface area contributed by atoms with E-state index in [2.05, 4.69) is 41.8 Å². The first-order valence-electron chi connectivity index (χ1n) is 4.49. The van der Waals surface area contributed by atoms with Crippen LogP contribution in [0.15, 0.2) is 21.6 Å². The Morgan fingerprint density at radius 3 is 2.88 bits per heavy atom. The number of nitrogens with zero attached hydrogens (tertiary/aromatic N) is 3. The number of ether oxygens (including phenoxy) is 1. The van der Waals surface area contributed by atoms with Gasteiger partial charge in [-0.1, -0.05) is 0 Å². The van der Waals surface area contributed by atoms with Crippen molar-refractivity contribution in [3.63, 3.8) is 0 Å². The zero-order valence-corrected chi connectivity index (χ0v) is 11.4. The highest BCUT2D eigenvalue weighted by atomic mass is 79.9. The third kappa shape index (κ3) is 2.10. The van der Waals surface area contributed by atoms with Gasteiger partial charge in [0.1, 0.15) is 4.60 Å². The van der Waals surface area contributed by atoms with Crippen molar-refractivity contribution < 1.29 is 9.53 Å². The van der Waals surface area contributed by atoms with Gasteiger partial charge in [0.05, 0.1) is 6.61 Å². The molecule has 16 heavy (non-hydrogen) atoms. The van der Waals surface area contributed by atoms with Gasteiger partial charge in [0, 0.05) is 12.4 Å². The van der Waals surface area contributed by atoms with E-state index in [4.69, 9.17) is 4.74 Å². The van der Waals surface area contributed by atoms with Gasteiger partial charge in [0.2, 0.25) is 0 Å². The third-order valence-electron chi connectivity index (χ3n) is 1.85. The number of rotatable bonds is 2. The van der Waals surface area contributed by atoms with Crippen LogP contribution in [0.3, 0.4) is 0 Å². The maximum absolute atomic E-state index is 11.5. The minimum atomic E-state index is -0.436. The maximum atomic E-state index is 11.5. The first kappa shape index (κ1) is 11.5. The van der Waals surface area contributed by atoms with Crippen LogP contribution in [0.5, 0.6) is 0 Å². The lowest BCUT2D eigenvalue weighted by Crippen LogP contribution is -2.04. The molecule has 0 bridgehead atoms. The summed E-state index contributed by atoms with van der Waals surface area (Å²) in [6, 6.07) is 0. The molecule has 0 saturated carbocycles. The van der Waals surface area contributed by atoms with Crippen molar-refractivity contribution in [3.05, 3.63) is 27.3 Å². The fourth-order valence-corrected chi connectivity index (χ4v) is 2.36. The minimum absolute atomic E-state index is 0.266. The zero-order chi connectivity index (χ0) is 11.7. The molecule has 0 N–H and O–H groups in total. The molecule has 0 radical (unpaired) electrons. The van der Waals surface area contributed by atoms with Crippen LogP contribution in [0.2, 0.25) is 0 Å². The van der Waals surface area contributed by atoms with Gasteiger partial charge in [-0.25, -0.2) is 14.8 Å². The number of aromatic nitrogens is 3. The molecule has 0 fully saturated rings. The van der Waals surface area contributed by atoms with Crippen LogP contribution in [0, 0.1) is 0 Å². The van der Waals surface area contributed by atoms with E-state index in [0.29, 0.717) is 21.5 Å². The number of carbonyl (C=O) groups is 1. The number of carbonyl (C=O) groups excluding carboxylic acids is 1. The van der Waals surface area contributed by atoms with Crippen molar-refractivity contribution in [2.45, 2.75) is 6.92 Å². The number of hydrogen-bond donors (Lipinski definition) is 0. The lowest BCUT2D eigenvalue weighted by atomic mass is 10.5. The first-order chi connectivity index (χ1) is 7.61. The second-order valence-corrected chi connectivity index (χ2v) is 4.50. The van der Waals surface area contributed by atoms with E-state index in [0.717, 1.165) is 0 Å². The molecule has 0 aromatic carbocycles. The van der Waals surface area contributed by atoms with Crippen molar-refractivity contribution in [1.82, 2.24) is 14.4 Å². The number of halogens is 2. The normalized spacial score (nSPS) is 10.7. The summed E-state index contributed by atoms with van der Waals surface area (Å²) in [6.45, 7) is 2.08. The Kier molecular flexibility index (Phi) is 3.25. The van der Waals surface area contributed by atoms with Gasteiger partial charge in [-0.3, -0.25) is 0 Å². The molecule has 2 aromatic heterocycles. The molecule has 0 aliphatic carbocycles. The second-order valence-electron chi connectivity index (χ2n) is 2.93. The van der Waals surface area contributed by atoms with Gasteiger partial charge in [0.25, 0.3) is 0 Å². The topological polar surface area (TPSA) is 56.5 Å². The lowest BCUT2D eigenvalue weighted by Gasteiger charge is -1.95. The first-order valence-corrected chi connectivity index (χ1v) is 6.08. The van der Waals surface area contributed by atoms with Crippen molar-refractivity contribution in [1.29, 1.82) is 0 Å². The fourth-order valence-electron chi connectivity index (χ4n) is 1.24. The number of hydrogen-bond acceptors (Lipinski definition) is 4. The quantitative estimate of drug-likeness (QED) is 0.782. The fraction of sp³-hybridized carbons (Fsp3) is 0.222. The lowest BCUT2D eigenvalue weighted by molar-refractivity contribution is 0.0520. The Hall–Kier alpha value is -0.950. The molecule has 7 heteroatoms. The molecule has 2 aromatic rings. The highest BCUT2D eigenvalue weighted by Gasteiger charge is 2.14. The average molecular weight is 349 g/mol. The summed E-state index contributed by atoms with van der Waals surface area (Å²) < 4.78 is 7.79. The summed E-state index contributed by atoms with van der Waals surface area (Å²) >= 11 is 6.53. The molecule has 0 saturated heterocycles. The van der Waals surface area contributed by atoms with Gasteiger partial charge in [-0.2, -0.15) is 0 Å². The molecular formula is C9H7Br2N3O2. The van der Waals surface area contributed by atoms with Crippen molar-refractivity contribution in [2.75, 3.05) is 6.61 Å². The standard InChI is InChI=1S/C9H7Br2N3O2/c1-2-16-9(15)5-3-14-4-6(10)13-7(11)8(14)12-5/h3-4H,2H2,1H3. The molecule has 0 aliphatic heterocycles. The molecule has 5 nitrogen and oxygen atoms in total. The molecule has 2 heterocycles. The van der Waals surface area contributed by atoms with E-state index in [1.54, 1.807) is 23.7 Å². The summed E-state index contributed by atoms with van der Waals surface area (Å²) in [7, 11) is 0. The molecule has 0 unspecified atom stereocenters. The molecule has 0 aliphatic rings. The SMILES string of the molecule is CCOC(=O)c1cn2cc(Br)nc(Br)c2n1. The van der Waals surface area contributed by atoms with Gasteiger partial charge in [-0.15, -0.1) is 0 Å². The van der Waals surface area contributed by atoms with Gasteiger partial charge in [-0.05, 0) is 38.8 Å². The summed E-state index contributed by atoms with van der Waals surface area (Å²) in [5, 5.41) is 0. The molecule has 84 valence electrons. The number of imidazole rings is 1. The van der Waals surface area contributed by atoms with Crippen molar-refractivity contribution in [2.24, 2.45) is 0 Å². The van der Waals surface area contributed by atoms with Crippen LogP contribution in [-0.2, 0) is 4.74 Å². The Morgan fingerprint density at radius 1 is 1.44 bits per heavy atom. The van der Waals surface area contributed by atoms with E-state index < -0.39 is 5.97 Å². The maximum Gasteiger partial charge on any atom is 0.358 e. The smallest absolute Gasteiger partial charge is 0.358 e. The largest absolute Gasteiger partial charge is 0.461 e. The van der Waals surface area contributed by atoms with Gasteiger partial charge >= 0.3 is 5.97 Å². The van der Waals surface area contributed by atoms with Crippen LogP contribution < -0.4 is 0 Å². The molecule has 0 atom stereocenters. The summed E-state index contributed by atoms with van der Waals surface area (Å²) in [5.74, 6) is -0.436. The summed E-state index contributed by atoms with van der Waals surface area (Å²) in [5.41, 5.74) is 0.841. The molecule has 0 spiro atoms. The predicted octanol–water partition coefficient (Wildman–Crippen LogP) is 2.43. The number of esters is 1. The van der Waals surface area contributed by atoms with Crippen LogP contribution in [0.1, 0.15) is 17.4 Å². The Labute approximate surface area is 108 Å². The highest BCUT2D eigenvalue weighted by molar-refractivity contribution is 9.11. The zero-order valence-electron chi connectivity index (χ0n) is 8.28. The Balaban J connectivity index is 2.51. The van der Waals surface area contributed by atoms with Crippen LogP contribution in [0.4, 0.5) is 0 Å². The van der Waals surface area contributed by atoms with E-state index in [1.807, 2.05) is 0 Å². The van der Waals surface area contributed by atoms with Crippen molar-refractivity contribution >= 4 is 43.5 Å². The Bertz CT molecular complexity index is 553. The third-order valence-corrected chi connectivity index (χ3v) is 2.77. The minimum Gasteiger partial charge on any atom is -0.461 e. The Morgan fingerprint density at radius 2 is 2.19 bits per heavy atom. The summed E-state index contributed by atoms with van der Waals surface area (Å²) in [6.07, 6.45) is 3.32. The van der Waals surface area contributed by atoms with Crippen molar-refractivity contribution in [3.8, 4) is 0 Å². The van der Waals surface area contributed by atoms with Gasteiger partial charge < -0.3 is 9.14 Å². The van der Waals surface area contributed by atoms with Crippen LogP contribution in [0.25, 0.3) is 5.65 Å². The number of fused-ring (bicyclic) bond motifs is 1. The molecule has 2 rings (SSSR count). The van der Waals surface area contributed by atoms with E-state index in [1.165, 1.54) is 0 Å². The summed E-state index contributed by atoms with van der Waals surface area (Å²) in [4.78, 5) is 19.7. The average Bonchev–Trinajstić information content (AvgIpc) is 2.62. The monoisotopic (exact) mass is 347 g/mol. The van der Waals surface area contributed by atoms with E-state index in [9.17, 15) is 4.79 Å². The second kappa shape index (κ2) is 4.50. The predicted molar refractivity (Wildman–Crippen MR) is 64.3 cm³/mol. The van der Waals surface area contributed by atoms with Crippen LogP contribution >= 0.6 is 31.9 Å². The molecular weight excluding hydrogens is 342 g/mol. The van der Waals surface area contributed by atoms with Gasteiger partial charge in [0.15, 0.2) is 15.9 Å². The van der Waals surface area contributed by atoms with Crippen LogP contribution in [-0.4, -0.2) is 26.9 Å². The molecule has 0 amide bonds.